The lowest BCUT2D eigenvalue weighted by molar-refractivity contribution is 0.154. The lowest BCUT2D eigenvalue weighted by atomic mass is 10.0. The monoisotopic (exact) mass is 319 g/mol. The van der Waals surface area contributed by atoms with Gasteiger partial charge in [0.05, 0.1) is 6.61 Å². The van der Waals surface area contributed by atoms with E-state index in [0.717, 1.165) is 51.0 Å². The number of benzene rings is 1. The van der Waals surface area contributed by atoms with Crippen molar-refractivity contribution in [3.63, 3.8) is 0 Å². The Morgan fingerprint density at radius 1 is 1.43 bits per heavy atom. The summed E-state index contributed by atoms with van der Waals surface area (Å²) >= 11 is 0. The molecule has 1 aliphatic rings. The van der Waals surface area contributed by atoms with Crippen LogP contribution in [0.5, 0.6) is 5.75 Å². The Hall–Kier alpha value is -1.75. The molecule has 2 amide bonds. The van der Waals surface area contributed by atoms with Crippen LogP contribution in [0.1, 0.15) is 38.2 Å². The molecule has 3 N–H and O–H groups in total. The van der Waals surface area contributed by atoms with Gasteiger partial charge >= 0.3 is 6.03 Å². The molecule has 0 aromatic heterocycles. The van der Waals surface area contributed by atoms with Gasteiger partial charge in [-0.05, 0) is 49.8 Å². The predicted molar refractivity (Wildman–Crippen MR) is 92.7 cm³/mol. The van der Waals surface area contributed by atoms with Crippen LogP contribution in [0.15, 0.2) is 24.3 Å². The summed E-state index contributed by atoms with van der Waals surface area (Å²) in [6.07, 6.45) is 5.05. The minimum absolute atomic E-state index is 0.0125. The number of nitrogens with two attached hydrogens (primary N) is 1. The van der Waals surface area contributed by atoms with E-state index < -0.39 is 0 Å². The van der Waals surface area contributed by atoms with Crippen molar-refractivity contribution in [2.24, 2.45) is 5.73 Å². The molecular formula is C18H29N3O2. The van der Waals surface area contributed by atoms with Crippen LogP contribution in [-0.2, 0) is 6.42 Å². The number of piperidine rings is 1. The number of carbonyl (C=O) groups excluding carboxylic acids is 1. The molecule has 2 rings (SSSR count). The molecule has 0 aliphatic carbocycles. The van der Waals surface area contributed by atoms with E-state index in [1.807, 2.05) is 23.1 Å². The van der Waals surface area contributed by atoms with Crippen LogP contribution in [-0.4, -0.2) is 43.2 Å². The first-order valence-corrected chi connectivity index (χ1v) is 8.71. The van der Waals surface area contributed by atoms with Gasteiger partial charge in [-0.25, -0.2) is 4.79 Å². The Labute approximate surface area is 139 Å². The lowest BCUT2D eigenvalue weighted by Crippen LogP contribution is -2.51. The first-order valence-electron chi connectivity index (χ1n) is 8.71. The molecule has 1 fully saturated rings. The van der Waals surface area contributed by atoms with E-state index in [0.29, 0.717) is 13.1 Å². The van der Waals surface area contributed by atoms with E-state index in [1.54, 1.807) is 0 Å². The van der Waals surface area contributed by atoms with Crippen LogP contribution in [0.4, 0.5) is 4.79 Å². The predicted octanol–water partition coefficient (Wildman–Crippen LogP) is 2.54. The third-order valence-electron chi connectivity index (χ3n) is 4.22. The summed E-state index contributed by atoms with van der Waals surface area (Å²) < 4.78 is 5.64. The molecule has 5 heteroatoms. The molecule has 0 saturated carbocycles. The number of carbonyl (C=O) groups is 1. The number of likely N-dealkylation sites (tertiary alicyclic amines) is 1. The maximum absolute atomic E-state index is 12.3. The van der Waals surface area contributed by atoms with Gasteiger partial charge in [0.1, 0.15) is 5.75 Å². The molecule has 0 bridgehead atoms. The third-order valence-corrected chi connectivity index (χ3v) is 4.22. The van der Waals surface area contributed by atoms with Crippen molar-refractivity contribution in [1.29, 1.82) is 0 Å². The second-order valence-corrected chi connectivity index (χ2v) is 6.06. The van der Waals surface area contributed by atoms with Crippen LogP contribution >= 0.6 is 0 Å². The van der Waals surface area contributed by atoms with Gasteiger partial charge in [-0.2, -0.15) is 0 Å². The summed E-state index contributed by atoms with van der Waals surface area (Å²) in [6, 6.07) is 8.28. The largest absolute Gasteiger partial charge is 0.494 e. The van der Waals surface area contributed by atoms with Crippen molar-refractivity contribution in [2.75, 3.05) is 26.2 Å². The Kier molecular flexibility index (Phi) is 7.20. The summed E-state index contributed by atoms with van der Waals surface area (Å²) in [6.45, 7) is 4.81. The van der Waals surface area contributed by atoms with Gasteiger partial charge in [-0.3, -0.25) is 0 Å². The minimum Gasteiger partial charge on any atom is -0.494 e. The van der Waals surface area contributed by atoms with E-state index in [1.165, 1.54) is 5.56 Å². The lowest BCUT2D eigenvalue weighted by Gasteiger charge is -2.35. The Morgan fingerprint density at radius 3 is 3.09 bits per heavy atom. The van der Waals surface area contributed by atoms with Gasteiger partial charge in [0.2, 0.25) is 0 Å². The molecule has 1 aliphatic heterocycles. The highest BCUT2D eigenvalue weighted by Gasteiger charge is 2.25. The normalized spacial score (nSPS) is 17.8. The first kappa shape index (κ1) is 17.6. The van der Waals surface area contributed by atoms with Gasteiger partial charge in [0.15, 0.2) is 0 Å². The fraction of sp³-hybridized carbons (Fsp3) is 0.611. The molecular weight excluding hydrogens is 290 g/mol. The third kappa shape index (κ3) is 5.43. The molecule has 1 unspecified atom stereocenters. The van der Waals surface area contributed by atoms with Gasteiger partial charge in [-0.1, -0.05) is 19.1 Å². The summed E-state index contributed by atoms with van der Waals surface area (Å²) in [5, 5.41) is 3.02. The van der Waals surface area contributed by atoms with Crippen LogP contribution < -0.4 is 15.8 Å². The molecule has 1 heterocycles. The van der Waals surface area contributed by atoms with E-state index >= 15 is 0 Å². The summed E-state index contributed by atoms with van der Waals surface area (Å²) in [4.78, 5) is 14.2. The highest BCUT2D eigenvalue weighted by Crippen LogP contribution is 2.16. The van der Waals surface area contributed by atoms with E-state index in [-0.39, 0.29) is 12.1 Å². The van der Waals surface area contributed by atoms with Gasteiger partial charge in [0, 0.05) is 25.7 Å². The maximum Gasteiger partial charge on any atom is 0.317 e. The number of hydrogen-bond donors (Lipinski definition) is 2. The van der Waals surface area contributed by atoms with Gasteiger partial charge in [0.25, 0.3) is 0 Å². The Morgan fingerprint density at radius 2 is 2.30 bits per heavy atom. The Balaban J connectivity index is 1.78. The Bertz CT molecular complexity index is 493. The first-order chi connectivity index (χ1) is 11.2. The van der Waals surface area contributed by atoms with Gasteiger partial charge < -0.3 is 20.7 Å². The highest BCUT2D eigenvalue weighted by molar-refractivity contribution is 5.74. The molecule has 1 aromatic carbocycles. The number of amides is 2. The number of nitrogens with zero attached hydrogens (tertiary/aromatic N) is 1. The number of ether oxygens (including phenoxy) is 1. The van der Waals surface area contributed by atoms with E-state index in [4.69, 9.17) is 10.5 Å². The molecule has 0 radical (unpaired) electrons. The smallest absolute Gasteiger partial charge is 0.317 e. The quantitative estimate of drug-likeness (QED) is 0.811. The zero-order valence-electron chi connectivity index (χ0n) is 14.1. The minimum atomic E-state index is 0.0125. The van der Waals surface area contributed by atoms with E-state index in [9.17, 15) is 4.79 Å². The maximum atomic E-state index is 12.3. The zero-order valence-corrected chi connectivity index (χ0v) is 14.1. The highest BCUT2D eigenvalue weighted by atomic mass is 16.5. The fourth-order valence-electron chi connectivity index (χ4n) is 2.94. The molecule has 128 valence electrons. The van der Waals surface area contributed by atoms with Crippen LogP contribution in [0.25, 0.3) is 0 Å². The van der Waals surface area contributed by atoms with Gasteiger partial charge in [-0.15, -0.1) is 0 Å². The fourth-order valence-corrected chi connectivity index (χ4v) is 2.94. The van der Waals surface area contributed by atoms with Crippen LogP contribution in [0, 0.1) is 0 Å². The van der Waals surface area contributed by atoms with Crippen molar-refractivity contribution in [2.45, 2.75) is 45.1 Å². The number of hydrogen-bond acceptors (Lipinski definition) is 3. The SMILES string of the molecule is CCCOc1cccc(CCNC(=O)N2CCCCC2CN)c1. The number of rotatable bonds is 7. The topological polar surface area (TPSA) is 67.6 Å². The van der Waals surface area contributed by atoms with Crippen molar-refractivity contribution in [1.82, 2.24) is 10.2 Å². The molecule has 1 saturated heterocycles. The average molecular weight is 319 g/mol. The van der Waals surface area contributed by atoms with E-state index in [2.05, 4.69) is 18.3 Å². The second kappa shape index (κ2) is 9.40. The summed E-state index contributed by atoms with van der Waals surface area (Å²) in [5.41, 5.74) is 6.95. The van der Waals surface area contributed by atoms with Crippen molar-refractivity contribution >= 4 is 6.03 Å². The second-order valence-electron chi connectivity index (χ2n) is 6.06. The van der Waals surface area contributed by atoms with Crippen molar-refractivity contribution in [3.8, 4) is 5.75 Å². The van der Waals surface area contributed by atoms with Crippen molar-refractivity contribution < 1.29 is 9.53 Å². The summed E-state index contributed by atoms with van der Waals surface area (Å²) in [7, 11) is 0. The number of nitrogens with one attached hydrogen (secondary N) is 1. The molecule has 1 atom stereocenters. The zero-order chi connectivity index (χ0) is 16.5. The standard InChI is InChI=1S/C18H29N3O2/c1-2-12-23-17-8-5-6-15(13-17)9-10-20-18(22)21-11-4-3-7-16(21)14-19/h5-6,8,13,16H,2-4,7,9-12,14,19H2,1H3,(H,20,22). The molecule has 23 heavy (non-hydrogen) atoms. The van der Waals surface area contributed by atoms with Crippen LogP contribution in [0.2, 0.25) is 0 Å². The number of urea groups is 1. The average Bonchev–Trinajstić information content (AvgIpc) is 2.60. The molecule has 0 spiro atoms. The van der Waals surface area contributed by atoms with Crippen molar-refractivity contribution in [3.05, 3.63) is 29.8 Å². The van der Waals surface area contributed by atoms with Crippen LogP contribution in [0.3, 0.4) is 0 Å². The molecule has 5 nitrogen and oxygen atoms in total. The summed E-state index contributed by atoms with van der Waals surface area (Å²) in [5.74, 6) is 0.898. The molecule has 1 aromatic rings.